The Morgan fingerprint density at radius 1 is 0.724 bits per heavy atom. The monoisotopic (exact) mass is 419 g/mol. The lowest BCUT2D eigenvalue weighted by molar-refractivity contribution is 0.0697. The molecular formula is C25H45NO2Si. The van der Waals surface area contributed by atoms with Gasteiger partial charge in [0.1, 0.15) is 0 Å². The van der Waals surface area contributed by atoms with E-state index < -0.39 is 14.0 Å². The second kappa shape index (κ2) is 15.5. The molecule has 1 aromatic rings. The predicted octanol–water partition coefficient (Wildman–Crippen LogP) is 8.21. The van der Waals surface area contributed by atoms with Crippen LogP contribution in [0.3, 0.4) is 0 Å². The number of aromatic carboxylic acids is 1. The van der Waals surface area contributed by atoms with Crippen LogP contribution >= 0.6 is 0 Å². The summed E-state index contributed by atoms with van der Waals surface area (Å²) in [4.78, 5) is 10.8. The van der Waals surface area contributed by atoms with E-state index in [0.29, 0.717) is 5.56 Å². The van der Waals surface area contributed by atoms with Crippen molar-refractivity contribution in [3.8, 4) is 0 Å². The minimum absolute atomic E-state index is 0.341. The lowest BCUT2D eigenvalue weighted by atomic mass is 10.0. The molecule has 0 saturated carbocycles. The number of carboxylic acid groups (broad SMARTS) is 1. The Hall–Kier alpha value is -1.29. The van der Waals surface area contributed by atoms with Gasteiger partial charge in [-0.3, -0.25) is 0 Å². The molecule has 0 radical (unpaired) electrons. The van der Waals surface area contributed by atoms with Crippen molar-refractivity contribution in [2.45, 2.75) is 109 Å². The van der Waals surface area contributed by atoms with Gasteiger partial charge in [0.2, 0.25) is 0 Å². The third-order valence-corrected chi connectivity index (χ3v) is 7.42. The number of benzene rings is 1. The van der Waals surface area contributed by atoms with Gasteiger partial charge in [-0.25, -0.2) is 4.79 Å². The third-order valence-electron chi connectivity index (χ3n) is 5.56. The molecule has 0 saturated heterocycles. The molecule has 1 aromatic carbocycles. The van der Waals surface area contributed by atoms with Crippen LogP contribution in [0.5, 0.6) is 0 Å². The van der Waals surface area contributed by atoms with Gasteiger partial charge < -0.3 is 10.4 Å². The van der Waals surface area contributed by atoms with E-state index in [2.05, 4.69) is 25.0 Å². The first-order valence-corrected chi connectivity index (χ1v) is 15.7. The van der Waals surface area contributed by atoms with Crippen molar-refractivity contribution in [3.05, 3.63) is 29.8 Å². The fourth-order valence-electron chi connectivity index (χ4n) is 3.69. The number of carboxylic acids is 1. The maximum absolute atomic E-state index is 10.8. The molecule has 2 N–H and O–H groups in total. The summed E-state index contributed by atoms with van der Waals surface area (Å²) in [6.07, 6.45) is 18.0. The van der Waals surface area contributed by atoms with E-state index in [1.807, 2.05) is 12.1 Å². The number of hydrogen-bond acceptors (Lipinski definition) is 2. The quantitative estimate of drug-likeness (QED) is 0.186. The zero-order valence-electron chi connectivity index (χ0n) is 19.3. The molecule has 0 aliphatic rings. The predicted molar refractivity (Wildman–Crippen MR) is 130 cm³/mol. The van der Waals surface area contributed by atoms with Crippen LogP contribution in [0, 0.1) is 0 Å². The van der Waals surface area contributed by atoms with Gasteiger partial charge in [0.05, 0.1) is 5.56 Å². The molecule has 0 atom stereocenters. The molecule has 3 nitrogen and oxygen atoms in total. The molecule has 0 aliphatic heterocycles. The Kier molecular flexibility index (Phi) is 13.8. The van der Waals surface area contributed by atoms with E-state index in [9.17, 15) is 4.79 Å². The maximum atomic E-state index is 10.8. The fraction of sp³-hybridized carbons (Fsp3) is 0.720. The Morgan fingerprint density at radius 3 is 1.55 bits per heavy atom. The van der Waals surface area contributed by atoms with E-state index in [0.717, 1.165) is 12.2 Å². The average Bonchev–Trinajstić information content (AvgIpc) is 2.67. The average molecular weight is 420 g/mol. The van der Waals surface area contributed by atoms with Crippen molar-refractivity contribution < 1.29 is 9.90 Å². The highest BCUT2D eigenvalue weighted by molar-refractivity contribution is 6.76. The molecule has 0 spiro atoms. The van der Waals surface area contributed by atoms with Gasteiger partial charge in [0.15, 0.2) is 0 Å². The van der Waals surface area contributed by atoms with Gasteiger partial charge in [-0.1, -0.05) is 103 Å². The normalized spacial score (nSPS) is 11.6. The summed E-state index contributed by atoms with van der Waals surface area (Å²) < 4.78 is 0. The van der Waals surface area contributed by atoms with Crippen molar-refractivity contribution in [3.63, 3.8) is 0 Å². The largest absolute Gasteiger partial charge is 0.478 e. The highest BCUT2D eigenvalue weighted by Gasteiger charge is 2.11. The first-order chi connectivity index (χ1) is 13.9. The Balaban J connectivity index is 1.80. The molecule has 0 aromatic heterocycles. The molecule has 0 unspecified atom stereocenters. The minimum atomic E-state index is -0.871. The molecule has 0 fully saturated rings. The van der Waals surface area contributed by atoms with Crippen LogP contribution in [-0.4, -0.2) is 25.7 Å². The highest BCUT2D eigenvalue weighted by Crippen LogP contribution is 2.17. The molecule has 1 rings (SSSR count). The van der Waals surface area contributed by atoms with Gasteiger partial charge in [0.25, 0.3) is 0 Å². The topological polar surface area (TPSA) is 49.3 Å². The second-order valence-corrected chi connectivity index (χ2v) is 15.3. The lowest BCUT2D eigenvalue weighted by Crippen LogP contribution is -2.18. The Morgan fingerprint density at radius 2 is 1.14 bits per heavy atom. The van der Waals surface area contributed by atoms with Crippen LogP contribution in [-0.2, 0) is 0 Å². The van der Waals surface area contributed by atoms with Gasteiger partial charge in [-0.2, -0.15) is 0 Å². The summed E-state index contributed by atoms with van der Waals surface area (Å²) in [6.45, 7) is 8.40. The number of carbonyl (C=O) groups is 1. The van der Waals surface area contributed by atoms with Crippen LogP contribution in [0.15, 0.2) is 24.3 Å². The summed E-state index contributed by atoms with van der Waals surface area (Å²) >= 11 is 0. The summed E-state index contributed by atoms with van der Waals surface area (Å²) in [5.74, 6) is -0.871. The summed E-state index contributed by atoms with van der Waals surface area (Å²) in [6, 6.07) is 8.50. The first kappa shape index (κ1) is 25.7. The van der Waals surface area contributed by atoms with Crippen LogP contribution in [0.2, 0.25) is 25.7 Å². The number of unbranched alkanes of at least 4 members (excludes halogenated alkanes) is 12. The second-order valence-electron chi connectivity index (χ2n) is 9.72. The molecule has 0 amide bonds. The van der Waals surface area contributed by atoms with Crippen LogP contribution in [0.4, 0.5) is 5.69 Å². The number of anilines is 1. The maximum Gasteiger partial charge on any atom is 0.335 e. The third kappa shape index (κ3) is 15.2. The number of nitrogens with one attached hydrogen (secondary N) is 1. The molecule has 0 bridgehead atoms. The molecular weight excluding hydrogens is 374 g/mol. The van der Waals surface area contributed by atoms with E-state index in [1.165, 1.54) is 89.5 Å². The van der Waals surface area contributed by atoms with Gasteiger partial charge >= 0.3 is 5.97 Å². The first-order valence-electron chi connectivity index (χ1n) is 12.0. The van der Waals surface area contributed by atoms with E-state index in [-0.39, 0.29) is 0 Å². The number of hydrogen-bond donors (Lipinski definition) is 2. The minimum Gasteiger partial charge on any atom is -0.478 e. The van der Waals surface area contributed by atoms with E-state index in [1.54, 1.807) is 12.1 Å². The summed E-state index contributed by atoms with van der Waals surface area (Å²) in [5.41, 5.74) is 1.35. The van der Waals surface area contributed by atoms with E-state index in [4.69, 9.17) is 5.11 Å². The molecule has 4 heteroatoms. The molecule has 29 heavy (non-hydrogen) atoms. The van der Waals surface area contributed by atoms with Crippen molar-refractivity contribution in [1.82, 2.24) is 0 Å². The molecule has 166 valence electrons. The van der Waals surface area contributed by atoms with Crippen molar-refractivity contribution >= 4 is 19.7 Å². The molecule has 0 aliphatic carbocycles. The summed E-state index contributed by atoms with van der Waals surface area (Å²) in [5, 5.41) is 12.3. The van der Waals surface area contributed by atoms with E-state index >= 15 is 0 Å². The lowest BCUT2D eigenvalue weighted by Gasteiger charge is -2.14. The van der Waals surface area contributed by atoms with Crippen LogP contribution in [0.1, 0.15) is 93.8 Å². The highest BCUT2D eigenvalue weighted by atomic mass is 28.3. The molecule has 0 heterocycles. The smallest absolute Gasteiger partial charge is 0.335 e. The number of rotatable bonds is 18. The van der Waals surface area contributed by atoms with Gasteiger partial charge in [-0.15, -0.1) is 0 Å². The van der Waals surface area contributed by atoms with Crippen molar-refractivity contribution in [2.75, 3.05) is 11.9 Å². The van der Waals surface area contributed by atoms with Crippen LogP contribution < -0.4 is 5.32 Å². The zero-order chi connectivity index (χ0) is 21.4. The SMILES string of the molecule is C[Si](C)(C)CCCCCCCCCCCCCCCNc1ccc(C(=O)O)cc1. The summed E-state index contributed by atoms with van der Waals surface area (Å²) in [7, 11) is -0.805. The van der Waals surface area contributed by atoms with Crippen LogP contribution in [0.25, 0.3) is 0 Å². The van der Waals surface area contributed by atoms with Gasteiger partial charge in [-0.05, 0) is 30.7 Å². The Bertz CT molecular complexity index is 537. The zero-order valence-corrected chi connectivity index (χ0v) is 20.3. The van der Waals surface area contributed by atoms with Gasteiger partial charge in [0, 0.05) is 20.3 Å². The van der Waals surface area contributed by atoms with Crippen molar-refractivity contribution in [2.24, 2.45) is 0 Å². The Labute approximate surface area is 180 Å². The van der Waals surface area contributed by atoms with Crippen molar-refractivity contribution in [1.29, 1.82) is 0 Å². The fourth-order valence-corrected chi connectivity index (χ4v) is 5.00. The standard InChI is InChI=1S/C25H45NO2Si/c1-29(2,3)22-16-14-12-10-8-6-4-5-7-9-11-13-15-21-26-24-19-17-23(18-20-24)25(27)28/h17-20,26H,4-16,21-22H2,1-3H3,(H,27,28).